The van der Waals surface area contributed by atoms with Gasteiger partial charge in [-0.1, -0.05) is 48.4 Å². The zero-order chi connectivity index (χ0) is 26.7. The van der Waals surface area contributed by atoms with E-state index in [1.165, 1.54) is 4.70 Å². The van der Waals surface area contributed by atoms with E-state index >= 15 is 0 Å². The fourth-order valence-electron chi connectivity index (χ4n) is 4.18. The molecule has 0 saturated heterocycles. The molecule has 3 aromatic carbocycles. The van der Waals surface area contributed by atoms with Gasteiger partial charge in [-0.25, -0.2) is 0 Å². The molecule has 1 aromatic heterocycles. The average Bonchev–Trinajstić information content (AvgIpc) is 3.36. The SMILES string of the molecule is CC#C[C@@H](CC(=O)OCC)c1ccc(COc2ccc3scc(-c4ccccc4OCCOC)c3c2)cc1. The quantitative estimate of drug-likeness (QED) is 0.110. The van der Waals surface area contributed by atoms with Crippen molar-refractivity contribution in [3.8, 4) is 34.5 Å². The summed E-state index contributed by atoms with van der Waals surface area (Å²) in [5.41, 5.74) is 4.20. The maximum atomic E-state index is 12.0. The average molecular weight is 529 g/mol. The minimum atomic E-state index is -0.236. The summed E-state index contributed by atoms with van der Waals surface area (Å²) < 4.78 is 23.6. The second-order valence-corrected chi connectivity index (χ2v) is 9.54. The highest BCUT2D eigenvalue weighted by atomic mass is 32.1. The van der Waals surface area contributed by atoms with Gasteiger partial charge in [-0.15, -0.1) is 17.3 Å². The number of carbonyl (C=O) groups excluding carboxylic acids is 1. The van der Waals surface area contributed by atoms with Crippen LogP contribution in [0.25, 0.3) is 21.2 Å². The highest BCUT2D eigenvalue weighted by molar-refractivity contribution is 7.17. The van der Waals surface area contributed by atoms with Crippen molar-refractivity contribution in [2.75, 3.05) is 26.9 Å². The summed E-state index contributed by atoms with van der Waals surface area (Å²) in [5, 5.41) is 3.29. The molecule has 0 saturated carbocycles. The first-order chi connectivity index (χ1) is 18.6. The maximum Gasteiger partial charge on any atom is 0.307 e. The van der Waals surface area contributed by atoms with E-state index in [1.807, 2.05) is 55.5 Å². The molecule has 196 valence electrons. The fraction of sp³-hybridized carbons (Fsp3) is 0.281. The summed E-state index contributed by atoms with van der Waals surface area (Å²) in [4.78, 5) is 12.0. The molecule has 0 fully saturated rings. The van der Waals surface area contributed by atoms with Crippen molar-refractivity contribution < 1.29 is 23.7 Å². The Labute approximate surface area is 228 Å². The first-order valence-corrected chi connectivity index (χ1v) is 13.5. The van der Waals surface area contributed by atoms with Crippen LogP contribution < -0.4 is 9.47 Å². The number of benzene rings is 3. The molecule has 0 N–H and O–H groups in total. The van der Waals surface area contributed by atoms with E-state index in [2.05, 4.69) is 35.4 Å². The Kier molecular flexibility index (Phi) is 9.80. The monoisotopic (exact) mass is 528 g/mol. The summed E-state index contributed by atoms with van der Waals surface area (Å²) in [6, 6.07) is 22.3. The van der Waals surface area contributed by atoms with Crippen molar-refractivity contribution in [3.05, 3.63) is 83.2 Å². The van der Waals surface area contributed by atoms with Gasteiger partial charge in [0.1, 0.15) is 24.7 Å². The van der Waals surface area contributed by atoms with Crippen LogP contribution in [-0.4, -0.2) is 32.9 Å². The topological polar surface area (TPSA) is 54.0 Å². The van der Waals surface area contributed by atoms with Crippen LogP contribution in [0.3, 0.4) is 0 Å². The van der Waals surface area contributed by atoms with E-state index in [0.717, 1.165) is 39.1 Å². The highest BCUT2D eigenvalue weighted by Gasteiger charge is 2.15. The molecule has 0 aliphatic carbocycles. The van der Waals surface area contributed by atoms with Gasteiger partial charge in [-0.3, -0.25) is 4.79 Å². The van der Waals surface area contributed by atoms with Gasteiger partial charge in [0.05, 0.1) is 25.6 Å². The molecule has 4 rings (SSSR count). The van der Waals surface area contributed by atoms with E-state index in [1.54, 1.807) is 25.4 Å². The number of thiophene rings is 1. The lowest BCUT2D eigenvalue weighted by molar-refractivity contribution is -0.143. The Morgan fingerprint density at radius 2 is 1.79 bits per heavy atom. The van der Waals surface area contributed by atoms with E-state index in [9.17, 15) is 4.79 Å². The number of para-hydroxylation sites is 1. The molecule has 1 atom stereocenters. The molecule has 0 aliphatic rings. The lowest BCUT2D eigenvalue weighted by atomic mass is 9.95. The Hall–Kier alpha value is -3.79. The molecule has 6 heteroatoms. The number of esters is 1. The van der Waals surface area contributed by atoms with Crippen LogP contribution in [0.4, 0.5) is 0 Å². The van der Waals surface area contributed by atoms with Gasteiger partial charge in [0.15, 0.2) is 0 Å². The zero-order valence-electron chi connectivity index (χ0n) is 22.0. The minimum absolute atomic E-state index is 0.185. The predicted octanol–water partition coefficient (Wildman–Crippen LogP) is 7.23. The van der Waals surface area contributed by atoms with E-state index in [0.29, 0.717) is 26.4 Å². The van der Waals surface area contributed by atoms with E-state index in [-0.39, 0.29) is 18.3 Å². The van der Waals surface area contributed by atoms with Gasteiger partial charge >= 0.3 is 5.97 Å². The van der Waals surface area contributed by atoms with Gasteiger partial charge in [-0.2, -0.15) is 0 Å². The number of hydrogen-bond acceptors (Lipinski definition) is 6. The number of carbonyl (C=O) groups is 1. The molecule has 4 aromatic rings. The van der Waals surface area contributed by atoms with Crippen LogP contribution in [0.5, 0.6) is 11.5 Å². The Morgan fingerprint density at radius 1 is 0.974 bits per heavy atom. The maximum absolute atomic E-state index is 12.0. The van der Waals surface area contributed by atoms with Crippen molar-refractivity contribution in [2.45, 2.75) is 32.8 Å². The molecule has 0 unspecified atom stereocenters. The van der Waals surface area contributed by atoms with Crippen LogP contribution in [0.1, 0.15) is 37.3 Å². The second kappa shape index (κ2) is 13.7. The van der Waals surface area contributed by atoms with Gasteiger partial charge in [0.25, 0.3) is 0 Å². The zero-order valence-corrected chi connectivity index (χ0v) is 22.8. The van der Waals surface area contributed by atoms with Crippen molar-refractivity contribution in [1.29, 1.82) is 0 Å². The van der Waals surface area contributed by atoms with Gasteiger partial charge < -0.3 is 18.9 Å². The number of methoxy groups -OCH3 is 1. The van der Waals surface area contributed by atoms with Gasteiger partial charge in [0, 0.05) is 28.3 Å². The Morgan fingerprint density at radius 3 is 2.55 bits per heavy atom. The van der Waals surface area contributed by atoms with E-state index in [4.69, 9.17) is 18.9 Å². The number of fused-ring (bicyclic) bond motifs is 1. The van der Waals surface area contributed by atoms with E-state index < -0.39 is 0 Å². The molecule has 0 amide bonds. The number of rotatable bonds is 12. The van der Waals surface area contributed by atoms with Crippen LogP contribution >= 0.6 is 11.3 Å². The van der Waals surface area contributed by atoms with Crippen LogP contribution in [-0.2, 0) is 20.9 Å². The molecular weight excluding hydrogens is 496 g/mol. The van der Waals surface area contributed by atoms with Crippen molar-refractivity contribution in [3.63, 3.8) is 0 Å². The van der Waals surface area contributed by atoms with Crippen molar-refractivity contribution >= 4 is 27.4 Å². The number of ether oxygens (including phenoxy) is 4. The molecule has 0 aliphatic heterocycles. The molecular formula is C32H32O5S. The number of hydrogen-bond donors (Lipinski definition) is 0. The summed E-state index contributed by atoms with van der Waals surface area (Å²) in [7, 11) is 1.67. The van der Waals surface area contributed by atoms with Gasteiger partial charge in [-0.05, 0) is 54.6 Å². The molecule has 0 bridgehead atoms. The van der Waals surface area contributed by atoms with Crippen molar-refractivity contribution in [1.82, 2.24) is 0 Å². The molecule has 5 nitrogen and oxygen atoms in total. The molecule has 0 radical (unpaired) electrons. The molecule has 1 heterocycles. The van der Waals surface area contributed by atoms with Crippen LogP contribution in [0, 0.1) is 11.8 Å². The normalized spacial score (nSPS) is 11.4. The van der Waals surface area contributed by atoms with Crippen LogP contribution in [0.15, 0.2) is 72.1 Å². The first kappa shape index (κ1) is 27.3. The fourth-order valence-corrected chi connectivity index (χ4v) is 5.12. The molecule has 0 spiro atoms. The first-order valence-electron chi connectivity index (χ1n) is 12.6. The van der Waals surface area contributed by atoms with Gasteiger partial charge in [0.2, 0.25) is 0 Å². The minimum Gasteiger partial charge on any atom is -0.491 e. The summed E-state index contributed by atoms with van der Waals surface area (Å²) in [6.45, 7) is 5.43. The summed E-state index contributed by atoms with van der Waals surface area (Å²) in [5.74, 6) is 7.26. The lowest BCUT2D eigenvalue weighted by Crippen LogP contribution is -2.09. The van der Waals surface area contributed by atoms with Crippen molar-refractivity contribution in [2.24, 2.45) is 0 Å². The standard InChI is InChI=1S/C32H32O5S/c1-4-8-25(19-32(33)35-5-2)24-13-11-23(12-14-24)21-37-26-15-16-31-28(20-26)29(22-38-31)27-9-6-7-10-30(27)36-18-17-34-3/h6-7,9-16,20,22,25H,5,17-19,21H2,1-3H3/t25-/m0/s1. The second-order valence-electron chi connectivity index (χ2n) is 8.63. The third kappa shape index (κ3) is 6.95. The largest absolute Gasteiger partial charge is 0.491 e. The van der Waals surface area contributed by atoms with Crippen LogP contribution in [0.2, 0.25) is 0 Å². The Balaban J connectivity index is 1.47. The summed E-state index contributed by atoms with van der Waals surface area (Å²) in [6.07, 6.45) is 0.244. The predicted molar refractivity (Wildman–Crippen MR) is 153 cm³/mol. The lowest BCUT2D eigenvalue weighted by Gasteiger charge is -2.12. The smallest absolute Gasteiger partial charge is 0.307 e. The Bertz CT molecular complexity index is 1410. The highest BCUT2D eigenvalue weighted by Crippen LogP contribution is 2.40. The third-order valence-electron chi connectivity index (χ3n) is 6.05. The summed E-state index contributed by atoms with van der Waals surface area (Å²) >= 11 is 1.70. The third-order valence-corrected chi connectivity index (χ3v) is 7.01. The molecule has 38 heavy (non-hydrogen) atoms.